The van der Waals surface area contributed by atoms with Gasteiger partial charge in [-0.25, -0.2) is 4.98 Å². The minimum atomic E-state index is -4.42. The molecule has 0 radical (unpaired) electrons. The van der Waals surface area contributed by atoms with Gasteiger partial charge in [-0.15, -0.1) is 0 Å². The number of alkyl halides is 3. The summed E-state index contributed by atoms with van der Waals surface area (Å²) in [6.07, 6.45) is -4.42. The minimum absolute atomic E-state index is 0.0369. The molecule has 0 spiro atoms. The van der Waals surface area contributed by atoms with Gasteiger partial charge in [0.1, 0.15) is 3.70 Å². The summed E-state index contributed by atoms with van der Waals surface area (Å²) in [4.78, 5) is 4.18. The number of benzene rings is 1. The van der Waals surface area contributed by atoms with Gasteiger partial charge in [0.25, 0.3) is 0 Å². The predicted molar refractivity (Wildman–Crippen MR) is 77.1 cm³/mol. The third kappa shape index (κ3) is 3.02. The monoisotopic (exact) mass is 397 g/mol. The van der Waals surface area contributed by atoms with Gasteiger partial charge in [0.2, 0.25) is 0 Å². The highest BCUT2D eigenvalue weighted by atomic mass is 127. The van der Waals surface area contributed by atoms with Crippen LogP contribution in [0.4, 0.5) is 13.2 Å². The lowest BCUT2D eigenvalue weighted by molar-refractivity contribution is -0.137. The van der Waals surface area contributed by atoms with E-state index in [1.807, 2.05) is 22.6 Å². The largest absolute Gasteiger partial charge is 0.417 e. The highest BCUT2D eigenvalue weighted by molar-refractivity contribution is 14.1. The average molecular weight is 398 g/mol. The van der Waals surface area contributed by atoms with Gasteiger partial charge in [-0.05, 0) is 47.2 Å². The van der Waals surface area contributed by atoms with Crippen LogP contribution in [0.1, 0.15) is 11.1 Å². The Labute approximate surface area is 126 Å². The van der Waals surface area contributed by atoms with Crippen molar-refractivity contribution in [2.45, 2.75) is 13.1 Å². The van der Waals surface area contributed by atoms with Crippen molar-refractivity contribution in [3.8, 4) is 11.3 Å². The van der Waals surface area contributed by atoms with E-state index in [1.165, 1.54) is 18.2 Å². The van der Waals surface area contributed by atoms with Crippen LogP contribution in [0.15, 0.2) is 30.3 Å². The fourth-order valence-corrected chi connectivity index (χ4v) is 2.54. The second-order valence-corrected chi connectivity index (χ2v) is 5.38. The molecule has 0 aliphatic heterocycles. The molecule has 0 aliphatic rings. The summed E-state index contributed by atoms with van der Waals surface area (Å²) in [6, 6.07) is 6.80. The molecular formula is C13H8ClF3IN. The second kappa shape index (κ2) is 5.28. The smallest absolute Gasteiger partial charge is 0.241 e. The van der Waals surface area contributed by atoms with Crippen LogP contribution in [0.5, 0.6) is 0 Å². The molecule has 0 atom stereocenters. The zero-order valence-electron chi connectivity index (χ0n) is 9.72. The van der Waals surface area contributed by atoms with Crippen LogP contribution in [0.2, 0.25) is 5.02 Å². The summed E-state index contributed by atoms with van der Waals surface area (Å²) in [5.74, 6) is 0. The maximum Gasteiger partial charge on any atom is 0.417 e. The quantitative estimate of drug-likeness (QED) is 0.468. The van der Waals surface area contributed by atoms with E-state index in [1.54, 1.807) is 13.0 Å². The lowest BCUT2D eigenvalue weighted by Gasteiger charge is -2.13. The van der Waals surface area contributed by atoms with Crippen molar-refractivity contribution in [1.29, 1.82) is 0 Å². The number of pyridine rings is 1. The first-order chi connectivity index (χ1) is 8.80. The molecular weight excluding hydrogens is 390 g/mol. The SMILES string of the molecule is Cc1c(Cl)cc(-c2ccccc2C(F)(F)F)nc1I. The Morgan fingerprint density at radius 2 is 1.84 bits per heavy atom. The van der Waals surface area contributed by atoms with Crippen molar-refractivity contribution in [1.82, 2.24) is 4.98 Å². The van der Waals surface area contributed by atoms with Gasteiger partial charge in [0.15, 0.2) is 0 Å². The van der Waals surface area contributed by atoms with E-state index in [0.717, 1.165) is 11.6 Å². The highest BCUT2D eigenvalue weighted by Crippen LogP contribution is 2.37. The Bertz CT molecular complexity index is 603. The summed E-state index contributed by atoms with van der Waals surface area (Å²) < 4.78 is 39.4. The zero-order valence-corrected chi connectivity index (χ0v) is 12.6. The summed E-state index contributed by atoms with van der Waals surface area (Å²) in [5, 5.41) is 0.409. The molecule has 0 fully saturated rings. The average Bonchev–Trinajstić information content (AvgIpc) is 2.34. The minimum Gasteiger partial charge on any atom is -0.241 e. The van der Waals surface area contributed by atoms with E-state index in [2.05, 4.69) is 4.98 Å². The fraction of sp³-hybridized carbons (Fsp3) is 0.154. The molecule has 0 N–H and O–H groups in total. The van der Waals surface area contributed by atoms with E-state index < -0.39 is 11.7 Å². The molecule has 0 unspecified atom stereocenters. The Balaban J connectivity index is 2.67. The van der Waals surface area contributed by atoms with Crippen LogP contribution in [0, 0.1) is 10.6 Å². The summed E-state index contributed by atoms with van der Waals surface area (Å²) in [7, 11) is 0. The molecule has 0 aliphatic carbocycles. The molecule has 1 nitrogen and oxygen atoms in total. The zero-order chi connectivity index (χ0) is 14.2. The molecule has 2 rings (SSSR count). The summed E-state index contributed by atoms with van der Waals surface area (Å²) in [6.45, 7) is 1.77. The van der Waals surface area contributed by atoms with E-state index in [4.69, 9.17) is 11.6 Å². The van der Waals surface area contributed by atoms with Gasteiger partial charge in [-0.1, -0.05) is 29.8 Å². The molecule has 0 amide bonds. The van der Waals surface area contributed by atoms with Gasteiger partial charge >= 0.3 is 6.18 Å². The van der Waals surface area contributed by atoms with Crippen LogP contribution in [-0.2, 0) is 6.18 Å². The van der Waals surface area contributed by atoms with Crippen LogP contribution in [0.25, 0.3) is 11.3 Å². The number of rotatable bonds is 1. The molecule has 1 aromatic heterocycles. The van der Waals surface area contributed by atoms with E-state index in [-0.39, 0.29) is 11.3 Å². The van der Waals surface area contributed by atoms with Crippen molar-refractivity contribution < 1.29 is 13.2 Å². The first-order valence-corrected chi connectivity index (χ1v) is 6.75. The number of hydrogen-bond acceptors (Lipinski definition) is 1. The molecule has 6 heteroatoms. The van der Waals surface area contributed by atoms with E-state index in [9.17, 15) is 13.2 Å². The van der Waals surface area contributed by atoms with Crippen molar-refractivity contribution in [3.05, 3.63) is 50.2 Å². The molecule has 100 valence electrons. The van der Waals surface area contributed by atoms with Crippen LogP contribution in [0.3, 0.4) is 0 Å². The van der Waals surface area contributed by atoms with Gasteiger partial charge in [-0.3, -0.25) is 0 Å². The van der Waals surface area contributed by atoms with Crippen molar-refractivity contribution >= 4 is 34.2 Å². The maximum atomic E-state index is 13.0. The van der Waals surface area contributed by atoms with Gasteiger partial charge in [-0.2, -0.15) is 13.2 Å². The Kier molecular flexibility index (Phi) is 4.06. The summed E-state index contributed by atoms with van der Waals surface area (Å²) in [5.41, 5.74) is 0.316. The van der Waals surface area contributed by atoms with Crippen LogP contribution in [-0.4, -0.2) is 4.98 Å². The number of aromatic nitrogens is 1. The van der Waals surface area contributed by atoms with Crippen LogP contribution >= 0.6 is 34.2 Å². The molecule has 0 saturated heterocycles. The normalized spacial score (nSPS) is 11.7. The topological polar surface area (TPSA) is 12.9 Å². The van der Waals surface area contributed by atoms with Gasteiger partial charge < -0.3 is 0 Å². The van der Waals surface area contributed by atoms with Crippen LogP contribution < -0.4 is 0 Å². The lowest BCUT2D eigenvalue weighted by atomic mass is 10.0. The predicted octanol–water partition coefficient (Wildman–Crippen LogP) is 5.33. The lowest BCUT2D eigenvalue weighted by Crippen LogP contribution is -2.07. The standard InChI is InChI=1S/C13H8ClF3IN/c1-7-10(14)6-11(19-12(7)18)8-4-2-3-5-9(8)13(15,16)17/h2-6H,1H3. The first-order valence-electron chi connectivity index (χ1n) is 5.30. The highest BCUT2D eigenvalue weighted by Gasteiger charge is 2.33. The molecule has 0 saturated carbocycles. The van der Waals surface area contributed by atoms with E-state index in [0.29, 0.717) is 8.72 Å². The molecule has 2 aromatic rings. The Morgan fingerprint density at radius 1 is 1.21 bits per heavy atom. The third-order valence-electron chi connectivity index (χ3n) is 2.66. The van der Waals surface area contributed by atoms with E-state index >= 15 is 0 Å². The Morgan fingerprint density at radius 3 is 2.42 bits per heavy atom. The molecule has 1 heterocycles. The maximum absolute atomic E-state index is 13.0. The van der Waals surface area contributed by atoms with Crippen molar-refractivity contribution in [2.75, 3.05) is 0 Å². The van der Waals surface area contributed by atoms with Gasteiger partial charge in [0, 0.05) is 10.6 Å². The van der Waals surface area contributed by atoms with Crippen molar-refractivity contribution in [2.24, 2.45) is 0 Å². The van der Waals surface area contributed by atoms with Crippen molar-refractivity contribution in [3.63, 3.8) is 0 Å². The molecule has 1 aromatic carbocycles. The number of nitrogens with zero attached hydrogens (tertiary/aromatic N) is 1. The molecule has 19 heavy (non-hydrogen) atoms. The summed E-state index contributed by atoms with van der Waals surface area (Å²) >= 11 is 7.97. The fourth-order valence-electron chi connectivity index (χ4n) is 1.64. The van der Waals surface area contributed by atoms with Gasteiger partial charge in [0.05, 0.1) is 11.3 Å². The number of halogens is 5. The first kappa shape index (κ1) is 14.6. The number of hydrogen-bond donors (Lipinski definition) is 0. The molecule has 0 bridgehead atoms. The third-order valence-corrected chi connectivity index (χ3v) is 4.10. The second-order valence-electron chi connectivity index (χ2n) is 3.95. The Hall–Kier alpha value is -0.820.